The van der Waals surface area contributed by atoms with Crippen LogP contribution in [0.4, 0.5) is 11.4 Å². The zero-order valence-corrected chi connectivity index (χ0v) is 18.0. The van der Waals surface area contributed by atoms with E-state index < -0.39 is 10.0 Å². The highest BCUT2D eigenvalue weighted by molar-refractivity contribution is 7.92. The number of sulfonamides is 1. The summed E-state index contributed by atoms with van der Waals surface area (Å²) in [6, 6.07) is 7.03. The van der Waals surface area contributed by atoms with Gasteiger partial charge in [-0.1, -0.05) is 0 Å². The fourth-order valence-corrected chi connectivity index (χ4v) is 5.52. The lowest BCUT2D eigenvalue weighted by atomic mass is 9.95. The van der Waals surface area contributed by atoms with Crippen LogP contribution in [0.25, 0.3) is 0 Å². The predicted octanol–water partition coefficient (Wildman–Crippen LogP) is 4.55. The molecule has 0 radical (unpaired) electrons. The van der Waals surface area contributed by atoms with Crippen LogP contribution in [0.1, 0.15) is 47.1 Å². The third kappa shape index (κ3) is 3.65. The quantitative estimate of drug-likeness (QED) is 0.819. The number of carbonyl (C=O) groups excluding carboxylic acids is 1. The Morgan fingerprint density at radius 2 is 1.36 bits per heavy atom. The summed E-state index contributed by atoms with van der Waals surface area (Å²) in [6.45, 7) is 10.4. The monoisotopic (exact) mass is 400 g/mol. The summed E-state index contributed by atoms with van der Waals surface area (Å²) in [5, 5.41) is 0. The Bertz CT molecular complexity index is 996. The maximum atomic E-state index is 13.1. The zero-order chi connectivity index (χ0) is 20.6. The lowest BCUT2D eigenvalue weighted by Gasteiger charge is -2.27. The van der Waals surface area contributed by atoms with Gasteiger partial charge in [0.25, 0.3) is 10.0 Å². The average molecular weight is 401 g/mol. The van der Waals surface area contributed by atoms with E-state index in [4.69, 9.17) is 0 Å². The van der Waals surface area contributed by atoms with E-state index in [0.29, 0.717) is 23.5 Å². The highest BCUT2D eigenvalue weighted by Crippen LogP contribution is 2.31. The molecule has 0 saturated carbocycles. The Balaban J connectivity index is 1.91. The summed E-state index contributed by atoms with van der Waals surface area (Å²) in [4.78, 5) is 14.2. The van der Waals surface area contributed by atoms with Crippen LogP contribution < -0.4 is 9.62 Å². The molecule has 1 aliphatic rings. The zero-order valence-electron chi connectivity index (χ0n) is 17.2. The van der Waals surface area contributed by atoms with Crippen molar-refractivity contribution in [1.29, 1.82) is 0 Å². The molecule has 0 unspecified atom stereocenters. The Morgan fingerprint density at radius 3 is 1.89 bits per heavy atom. The fourth-order valence-electron chi connectivity index (χ4n) is 3.86. The Morgan fingerprint density at radius 1 is 0.821 bits per heavy atom. The first-order valence-corrected chi connectivity index (χ1v) is 11.1. The molecule has 0 aromatic heterocycles. The molecule has 6 heteroatoms. The first kappa shape index (κ1) is 20.4. The summed E-state index contributed by atoms with van der Waals surface area (Å²) in [7, 11) is -3.72. The van der Waals surface area contributed by atoms with Gasteiger partial charge in [-0.3, -0.25) is 9.52 Å². The smallest absolute Gasteiger partial charge is 0.262 e. The van der Waals surface area contributed by atoms with Crippen molar-refractivity contribution in [2.45, 2.75) is 58.8 Å². The number of hydrogen-bond donors (Lipinski definition) is 1. The minimum atomic E-state index is -3.72. The van der Waals surface area contributed by atoms with Crippen LogP contribution in [0.3, 0.4) is 0 Å². The topological polar surface area (TPSA) is 66.5 Å². The normalized spacial score (nSPS) is 15.0. The van der Waals surface area contributed by atoms with Gasteiger partial charge in [0.1, 0.15) is 0 Å². The van der Waals surface area contributed by atoms with Gasteiger partial charge in [-0.2, -0.15) is 0 Å². The lowest BCUT2D eigenvalue weighted by Crippen LogP contribution is -2.35. The number of benzene rings is 2. The van der Waals surface area contributed by atoms with E-state index in [1.807, 2.05) is 34.6 Å². The number of amides is 1. The first-order valence-electron chi connectivity index (χ1n) is 9.63. The lowest BCUT2D eigenvalue weighted by molar-refractivity contribution is -0.119. The van der Waals surface area contributed by atoms with Crippen LogP contribution in [0.5, 0.6) is 0 Å². The Labute approximate surface area is 167 Å². The van der Waals surface area contributed by atoms with Crippen molar-refractivity contribution >= 4 is 27.3 Å². The molecule has 1 saturated heterocycles. The molecule has 5 nitrogen and oxygen atoms in total. The standard InChI is InChI=1S/C22H28N2O3S/c1-14-15(2)17(4)22(18(5)16(14)3)28(26,27)23-19-9-11-20(12-10-19)24-13-7-6-8-21(24)25/h9-12,23H,6-8,13H2,1-5H3. The molecule has 1 fully saturated rings. The molecule has 1 aliphatic heterocycles. The molecule has 0 aliphatic carbocycles. The highest BCUT2D eigenvalue weighted by Gasteiger charge is 2.24. The summed E-state index contributed by atoms with van der Waals surface area (Å²) in [6.07, 6.45) is 2.49. The molecular formula is C22H28N2O3S. The minimum Gasteiger partial charge on any atom is -0.312 e. The average Bonchev–Trinajstić information content (AvgIpc) is 2.65. The van der Waals surface area contributed by atoms with Crippen LogP contribution in [0.2, 0.25) is 0 Å². The van der Waals surface area contributed by atoms with Gasteiger partial charge in [0.15, 0.2) is 0 Å². The van der Waals surface area contributed by atoms with Crippen molar-refractivity contribution < 1.29 is 13.2 Å². The van der Waals surface area contributed by atoms with Crippen LogP contribution in [-0.4, -0.2) is 20.9 Å². The van der Waals surface area contributed by atoms with E-state index in [1.165, 1.54) is 0 Å². The highest BCUT2D eigenvalue weighted by atomic mass is 32.2. The molecule has 1 heterocycles. The molecule has 28 heavy (non-hydrogen) atoms. The van der Waals surface area contributed by atoms with Crippen molar-refractivity contribution in [1.82, 2.24) is 0 Å². The number of rotatable bonds is 4. The maximum Gasteiger partial charge on any atom is 0.262 e. The van der Waals surface area contributed by atoms with Gasteiger partial charge in [0.2, 0.25) is 5.91 Å². The van der Waals surface area contributed by atoms with Gasteiger partial charge < -0.3 is 4.90 Å². The van der Waals surface area contributed by atoms with Gasteiger partial charge in [0.05, 0.1) is 4.90 Å². The third-order valence-electron chi connectivity index (χ3n) is 5.95. The van der Waals surface area contributed by atoms with E-state index in [0.717, 1.165) is 46.3 Å². The number of carbonyl (C=O) groups is 1. The predicted molar refractivity (Wildman–Crippen MR) is 114 cm³/mol. The van der Waals surface area contributed by atoms with Crippen LogP contribution in [0.15, 0.2) is 29.2 Å². The van der Waals surface area contributed by atoms with E-state index in [-0.39, 0.29) is 5.91 Å². The van der Waals surface area contributed by atoms with E-state index >= 15 is 0 Å². The van der Waals surface area contributed by atoms with Gasteiger partial charge in [-0.25, -0.2) is 8.42 Å². The SMILES string of the molecule is Cc1c(C)c(C)c(S(=O)(=O)Nc2ccc(N3CCCCC3=O)cc2)c(C)c1C. The summed E-state index contributed by atoms with van der Waals surface area (Å²) < 4.78 is 28.9. The van der Waals surface area contributed by atoms with Gasteiger partial charge in [-0.15, -0.1) is 0 Å². The second-order valence-electron chi connectivity index (χ2n) is 7.61. The molecule has 0 atom stereocenters. The molecule has 1 N–H and O–H groups in total. The first-order chi connectivity index (χ1) is 13.1. The molecule has 150 valence electrons. The van der Waals surface area contributed by atoms with Crippen molar-refractivity contribution in [3.63, 3.8) is 0 Å². The number of nitrogens with one attached hydrogen (secondary N) is 1. The Kier molecular flexibility index (Phi) is 5.53. The van der Waals surface area contributed by atoms with Crippen LogP contribution in [0, 0.1) is 34.6 Å². The van der Waals surface area contributed by atoms with Gasteiger partial charge in [0, 0.05) is 24.3 Å². The van der Waals surface area contributed by atoms with E-state index in [9.17, 15) is 13.2 Å². The van der Waals surface area contributed by atoms with E-state index in [1.54, 1.807) is 29.2 Å². The summed E-state index contributed by atoms with van der Waals surface area (Å²) in [5.74, 6) is 0.122. The molecule has 2 aromatic carbocycles. The molecule has 0 spiro atoms. The largest absolute Gasteiger partial charge is 0.312 e. The summed E-state index contributed by atoms with van der Waals surface area (Å²) in [5.41, 5.74) is 5.99. The van der Waals surface area contributed by atoms with Gasteiger partial charge in [-0.05, 0) is 99.5 Å². The van der Waals surface area contributed by atoms with Crippen molar-refractivity contribution in [2.24, 2.45) is 0 Å². The minimum absolute atomic E-state index is 0.122. The van der Waals surface area contributed by atoms with Crippen molar-refractivity contribution in [3.05, 3.63) is 52.1 Å². The number of nitrogens with zero attached hydrogens (tertiary/aromatic N) is 1. The molecule has 2 aromatic rings. The second-order valence-corrected chi connectivity index (χ2v) is 9.23. The summed E-state index contributed by atoms with van der Waals surface area (Å²) >= 11 is 0. The second kappa shape index (κ2) is 7.59. The number of piperidine rings is 1. The molecule has 0 bridgehead atoms. The third-order valence-corrected chi connectivity index (χ3v) is 7.61. The molecule has 1 amide bonds. The van der Waals surface area contributed by atoms with Crippen LogP contribution in [-0.2, 0) is 14.8 Å². The fraction of sp³-hybridized carbons (Fsp3) is 0.409. The Hall–Kier alpha value is -2.34. The van der Waals surface area contributed by atoms with Crippen LogP contribution >= 0.6 is 0 Å². The van der Waals surface area contributed by atoms with Gasteiger partial charge >= 0.3 is 0 Å². The number of anilines is 2. The van der Waals surface area contributed by atoms with Crippen molar-refractivity contribution in [3.8, 4) is 0 Å². The molecular weight excluding hydrogens is 372 g/mol. The number of hydrogen-bond acceptors (Lipinski definition) is 3. The maximum absolute atomic E-state index is 13.1. The van der Waals surface area contributed by atoms with E-state index in [2.05, 4.69) is 4.72 Å². The molecule has 3 rings (SSSR count). The van der Waals surface area contributed by atoms with Crippen molar-refractivity contribution in [2.75, 3.05) is 16.2 Å².